The first-order chi connectivity index (χ1) is 11.5. The third-order valence-electron chi connectivity index (χ3n) is 4.20. The molecule has 2 heterocycles. The van der Waals surface area contributed by atoms with Crippen LogP contribution in [0.1, 0.15) is 30.1 Å². The van der Waals surface area contributed by atoms with Gasteiger partial charge >= 0.3 is 6.03 Å². The van der Waals surface area contributed by atoms with Crippen LogP contribution in [0.15, 0.2) is 30.5 Å². The molecule has 0 unspecified atom stereocenters. The maximum absolute atomic E-state index is 13.9. The first kappa shape index (κ1) is 16.3. The molecule has 1 aromatic heterocycles. The lowest BCUT2D eigenvalue weighted by atomic mass is 9.89. The number of urea groups is 1. The molecule has 7 heteroatoms. The molecule has 0 saturated carbocycles. The number of hydrogen-bond acceptors (Lipinski definition) is 3. The van der Waals surface area contributed by atoms with Crippen molar-refractivity contribution < 1.29 is 13.6 Å². The van der Waals surface area contributed by atoms with Gasteiger partial charge in [-0.1, -0.05) is 6.07 Å². The Morgan fingerprint density at radius 2 is 1.88 bits per heavy atom. The van der Waals surface area contributed by atoms with Gasteiger partial charge < -0.3 is 4.90 Å². The Bertz CT molecular complexity index is 725. The Kier molecular flexibility index (Phi) is 4.69. The molecule has 0 bridgehead atoms. The quantitative estimate of drug-likeness (QED) is 0.916. The summed E-state index contributed by atoms with van der Waals surface area (Å²) in [5.41, 5.74) is 0.129. The second kappa shape index (κ2) is 6.90. The molecule has 1 saturated heterocycles. The SMILES string of the molecule is Cc1nccc(NC(=O)N2CCC(c3c(F)cccc3F)CC2)n1. The average molecular weight is 332 g/mol. The monoisotopic (exact) mass is 332 g/mol. The fourth-order valence-electron chi connectivity index (χ4n) is 2.99. The number of nitrogens with zero attached hydrogens (tertiary/aromatic N) is 3. The number of benzene rings is 1. The zero-order valence-electron chi connectivity index (χ0n) is 13.3. The van der Waals surface area contributed by atoms with Crippen molar-refractivity contribution in [3.8, 4) is 0 Å². The minimum atomic E-state index is -0.519. The molecule has 2 amide bonds. The summed E-state index contributed by atoms with van der Waals surface area (Å²) in [6, 6.07) is 5.26. The van der Waals surface area contributed by atoms with E-state index in [1.165, 1.54) is 18.2 Å². The van der Waals surface area contributed by atoms with Gasteiger partial charge in [0.15, 0.2) is 0 Å². The summed E-state index contributed by atoms with van der Waals surface area (Å²) >= 11 is 0. The Balaban J connectivity index is 1.61. The van der Waals surface area contributed by atoms with Crippen LogP contribution in [-0.2, 0) is 0 Å². The van der Waals surface area contributed by atoms with Gasteiger partial charge in [0.1, 0.15) is 23.3 Å². The van der Waals surface area contributed by atoms with Crippen molar-refractivity contribution >= 4 is 11.8 Å². The Morgan fingerprint density at radius 3 is 2.50 bits per heavy atom. The summed E-state index contributed by atoms with van der Waals surface area (Å²) in [6.07, 6.45) is 2.62. The van der Waals surface area contributed by atoms with E-state index in [1.807, 2.05) is 0 Å². The molecule has 1 N–H and O–H groups in total. The van der Waals surface area contributed by atoms with Gasteiger partial charge in [0, 0.05) is 24.8 Å². The number of rotatable bonds is 2. The van der Waals surface area contributed by atoms with Crippen molar-refractivity contribution in [3.63, 3.8) is 0 Å². The van der Waals surface area contributed by atoms with Crippen molar-refractivity contribution in [1.82, 2.24) is 14.9 Å². The molecule has 1 aliphatic rings. The largest absolute Gasteiger partial charge is 0.324 e. The Morgan fingerprint density at radius 1 is 1.21 bits per heavy atom. The highest BCUT2D eigenvalue weighted by molar-refractivity contribution is 5.88. The van der Waals surface area contributed by atoms with Crippen LogP contribution in [0.3, 0.4) is 0 Å². The normalized spacial score (nSPS) is 15.4. The van der Waals surface area contributed by atoms with Crippen LogP contribution in [0.5, 0.6) is 0 Å². The summed E-state index contributed by atoms with van der Waals surface area (Å²) in [5.74, 6) is -0.239. The van der Waals surface area contributed by atoms with E-state index in [2.05, 4.69) is 15.3 Å². The highest BCUT2D eigenvalue weighted by Gasteiger charge is 2.27. The van der Waals surface area contributed by atoms with Crippen molar-refractivity contribution in [2.24, 2.45) is 0 Å². The molecule has 5 nitrogen and oxygen atoms in total. The molecule has 1 aromatic carbocycles. The van der Waals surface area contributed by atoms with Gasteiger partial charge in [-0.3, -0.25) is 5.32 Å². The molecular formula is C17H18F2N4O. The van der Waals surface area contributed by atoms with E-state index in [0.29, 0.717) is 37.6 Å². The van der Waals surface area contributed by atoms with Gasteiger partial charge in [0.05, 0.1) is 0 Å². The predicted molar refractivity (Wildman–Crippen MR) is 85.7 cm³/mol. The molecule has 126 valence electrons. The van der Waals surface area contributed by atoms with Gasteiger partial charge in [-0.15, -0.1) is 0 Å². The van der Waals surface area contributed by atoms with Crippen LogP contribution < -0.4 is 5.32 Å². The molecule has 1 aliphatic heterocycles. The van der Waals surface area contributed by atoms with E-state index in [4.69, 9.17) is 0 Å². The van der Waals surface area contributed by atoms with Crippen molar-refractivity contribution in [2.75, 3.05) is 18.4 Å². The zero-order chi connectivity index (χ0) is 17.1. The molecule has 0 aliphatic carbocycles. The summed E-state index contributed by atoms with van der Waals surface area (Å²) < 4.78 is 27.7. The summed E-state index contributed by atoms with van der Waals surface area (Å²) in [6.45, 7) is 2.62. The number of likely N-dealkylation sites (tertiary alicyclic amines) is 1. The second-order valence-corrected chi connectivity index (χ2v) is 5.82. The minimum absolute atomic E-state index is 0.129. The summed E-state index contributed by atoms with van der Waals surface area (Å²) in [4.78, 5) is 22.0. The first-order valence-electron chi connectivity index (χ1n) is 7.84. The van der Waals surface area contributed by atoms with E-state index in [0.717, 1.165) is 0 Å². The van der Waals surface area contributed by atoms with Crippen LogP contribution in [0, 0.1) is 18.6 Å². The standard InChI is InChI=1S/C17H18F2N4O/c1-11-20-8-5-15(21-11)22-17(24)23-9-6-12(7-10-23)16-13(18)3-2-4-14(16)19/h2-5,8,12H,6-7,9-10H2,1H3,(H,20,21,22,24). The number of amides is 2. The number of nitrogens with one attached hydrogen (secondary N) is 1. The summed E-state index contributed by atoms with van der Waals surface area (Å²) in [7, 11) is 0. The van der Waals surface area contributed by atoms with Gasteiger partial charge in [0.25, 0.3) is 0 Å². The lowest BCUT2D eigenvalue weighted by molar-refractivity contribution is 0.193. The van der Waals surface area contributed by atoms with Crippen LogP contribution >= 0.6 is 0 Å². The second-order valence-electron chi connectivity index (χ2n) is 5.82. The maximum Gasteiger partial charge on any atom is 0.323 e. The third-order valence-corrected chi connectivity index (χ3v) is 4.20. The summed E-state index contributed by atoms with van der Waals surface area (Å²) in [5, 5.41) is 2.72. The van der Waals surface area contributed by atoms with Crippen molar-refractivity contribution in [1.29, 1.82) is 0 Å². The molecule has 0 radical (unpaired) electrons. The molecule has 0 atom stereocenters. The molecule has 1 fully saturated rings. The lowest BCUT2D eigenvalue weighted by Gasteiger charge is -2.32. The van der Waals surface area contributed by atoms with E-state index in [1.54, 1.807) is 24.1 Å². The Hall–Kier alpha value is -2.57. The lowest BCUT2D eigenvalue weighted by Crippen LogP contribution is -2.41. The smallest absolute Gasteiger partial charge is 0.323 e. The topological polar surface area (TPSA) is 58.1 Å². The fourth-order valence-corrected chi connectivity index (χ4v) is 2.99. The number of halogens is 2. The highest BCUT2D eigenvalue weighted by atomic mass is 19.1. The highest BCUT2D eigenvalue weighted by Crippen LogP contribution is 2.31. The molecule has 3 rings (SSSR count). The van der Waals surface area contributed by atoms with Gasteiger partial charge in [0.2, 0.25) is 0 Å². The number of carbonyl (C=O) groups is 1. The molecule has 0 spiro atoms. The van der Waals surface area contributed by atoms with E-state index in [9.17, 15) is 13.6 Å². The fraction of sp³-hybridized carbons (Fsp3) is 0.353. The number of aryl methyl sites for hydroxylation is 1. The maximum atomic E-state index is 13.9. The molecule has 2 aromatic rings. The van der Waals surface area contributed by atoms with Crippen molar-refractivity contribution in [2.45, 2.75) is 25.7 Å². The predicted octanol–water partition coefficient (Wildman–Crippen LogP) is 3.47. The van der Waals surface area contributed by atoms with Crippen LogP contribution in [-0.4, -0.2) is 34.0 Å². The number of piperidine rings is 1. The van der Waals surface area contributed by atoms with E-state index in [-0.39, 0.29) is 17.5 Å². The van der Waals surface area contributed by atoms with Gasteiger partial charge in [-0.25, -0.2) is 23.5 Å². The number of anilines is 1. The van der Waals surface area contributed by atoms with Crippen LogP contribution in [0.4, 0.5) is 19.4 Å². The third kappa shape index (κ3) is 3.50. The van der Waals surface area contributed by atoms with Crippen LogP contribution in [0.25, 0.3) is 0 Å². The van der Waals surface area contributed by atoms with Crippen LogP contribution in [0.2, 0.25) is 0 Å². The minimum Gasteiger partial charge on any atom is -0.324 e. The van der Waals surface area contributed by atoms with Crippen molar-refractivity contribution in [3.05, 3.63) is 53.5 Å². The molecular weight excluding hydrogens is 314 g/mol. The number of aromatic nitrogens is 2. The van der Waals surface area contributed by atoms with Gasteiger partial charge in [-0.2, -0.15) is 0 Å². The first-order valence-corrected chi connectivity index (χ1v) is 7.84. The number of carbonyl (C=O) groups excluding carboxylic acids is 1. The molecule has 24 heavy (non-hydrogen) atoms. The zero-order valence-corrected chi connectivity index (χ0v) is 13.3. The number of hydrogen-bond donors (Lipinski definition) is 1. The van der Waals surface area contributed by atoms with E-state index >= 15 is 0 Å². The van der Waals surface area contributed by atoms with Gasteiger partial charge in [-0.05, 0) is 43.9 Å². The average Bonchev–Trinajstić information content (AvgIpc) is 2.55. The Labute approximate surface area is 138 Å². The van der Waals surface area contributed by atoms with E-state index < -0.39 is 11.6 Å².